The number of amidine groups is 1. The summed E-state index contributed by atoms with van der Waals surface area (Å²) in [4.78, 5) is 2.19. The molecule has 0 saturated carbocycles. The Balaban J connectivity index is 2.07. The molecule has 1 atom stereocenters. The summed E-state index contributed by atoms with van der Waals surface area (Å²) in [5.74, 6) is 0.138. The van der Waals surface area contributed by atoms with Gasteiger partial charge in [-0.25, -0.2) is 0 Å². The first-order valence-electron chi connectivity index (χ1n) is 6.88. The van der Waals surface area contributed by atoms with Gasteiger partial charge in [-0.3, -0.25) is 5.41 Å². The van der Waals surface area contributed by atoms with Crippen LogP contribution in [0.4, 0.5) is 0 Å². The van der Waals surface area contributed by atoms with E-state index in [1.807, 2.05) is 48.5 Å². The lowest BCUT2D eigenvalue weighted by Crippen LogP contribution is -2.32. The summed E-state index contributed by atoms with van der Waals surface area (Å²) in [6.45, 7) is 1.54. The van der Waals surface area contributed by atoms with Crippen LogP contribution in [0.1, 0.15) is 17.0 Å². The maximum Gasteiger partial charge on any atom is 0.0995 e. The standard InChI is InChI=1S/C17H20BrN3/c1-21(11-14-9-5-6-10-16(14)18)12-15(17(19)20)13-7-3-2-4-8-13/h2-10,15H,11-12H2,1H3,(H3,19,20). The number of halogens is 1. The Kier molecular flexibility index (Phi) is 5.53. The van der Waals surface area contributed by atoms with Gasteiger partial charge >= 0.3 is 0 Å². The molecule has 0 fully saturated rings. The van der Waals surface area contributed by atoms with Gasteiger partial charge < -0.3 is 10.6 Å². The van der Waals surface area contributed by atoms with Crippen molar-refractivity contribution in [2.45, 2.75) is 12.5 Å². The fourth-order valence-corrected chi connectivity index (χ4v) is 2.77. The Morgan fingerprint density at radius 2 is 1.76 bits per heavy atom. The van der Waals surface area contributed by atoms with E-state index in [-0.39, 0.29) is 11.8 Å². The highest BCUT2D eigenvalue weighted by Gasteiger charge is 2.17. The Morgan fingerprint density at radius 1 is 1.14 bits per heavy atom. The molecular formula is C17H20BrN3. The number of hydrogen-bond acceptors (Lipinski definition) is 2. The van der Waals surface area contributed by atoms with Crippen LogP contribution in [-0.4, -0.2) is 24.3 Å². The third-order valence-corrected chi connectivity index (χ3v) is 4.24. The lowest BCUT2D eigenvalue weighted by atomic mass is 9.97. The van der Waals surface area contributed by atoms with Gasteiger partial charge in [0.1, 0.15) is 0 Å². The van der Waals surface area contributed by atoms with E-state index in [1.165, 1.54) is 5.56 Å². The van der Waals surface area contributed by atoms with Gasteiger partial charge in [-0.2, -0.15) is 0 Å². The van der Waals surface area contributed by atoms with E-state index >= 15 is 0 Å². The summed E-state index contributed by atoms with van der Waals surface area (Å²) in [7, 11) is 2.05. The molecule has 0 aromatic heterocycles. The van der Waals surface area contributed by atoms with Crippen LogP contribution in [0.5, 0.6) is 0 Å². The number of nitrogens with two attached hydrogens (primary N) is 1. The molecular weight excluding hydrogens is 326 g/mol. The van der Waals surface area contributed by atoms with Gasteiger partial charge in [-0.05, 0) is 24.2 Å². The molecule has 0 saturated heterocycles. The molecule has 110 valence electrons. The van der Waals surface area contributed by atoms with Crippen LogP contribution in [0, 0.1) is 5.41 Å². The monoisotopic (exact) mass is 345 g/mol. The first-order chi connectivity index (χ1) is 10.1. The van der Waals surface area contributed by atoms with Crippen molar-refractivity contribution in [3.8, 4) is 0 Å². The van der Waals surface area contributed by atoms with Crippen LogP contribution in [0.25, 0.3) is 0 Å². The molecule has 3 nitrogen and oxygen atoms in total. The number of rotatable bonds is 6. The zero-order chi connectivity index (χ0) is 15.2. The molecule has 0 amide bonds. The molecule has 2 aromatic carbocycles. The quantitative estimate of drug-likeness (QED) is 0.620. The van der Waals surface area contributed by atoms with Crippen LogP contribution >= 0.6 is 15.9 Å². The predicted molar refractivity (Wildman–Crippen MR) is 91.6 cm³/mol. The largest absolute Gasteiger partial charge is 0.387 e. The molecule has 21 heavy (non-hydrogen) atoms. The van der Waals surface area contributed by atoms with E-state index in [1.54, 1.807) is 0 Å². The minimum atomic E-state index is -0.0707. The van der Waals surface area contributed by atoms with Crippen molar-refractivity contribution in [1.29, 1.82) is 5.41 Å². The fraction of sp³-hybridized carbons (Fsp3) is 0.235. The lowest BCUT2D eigenvalue weighted by Gasteiger charge is -2.24. The maximum atomic E-state index is 7.85. The van der Waals surface area contributed by atoms with Gasteiger partial charge in [0.25, 0.3) is 0 Å². The topological polar surface area (TPSA) is 53.1 Å². The fourth-order valence-electron chi connectivity index (χ4n) is 2.36. The highest BCUT2D eigenvalue weighted by molar-refractivity contribution is 9.10. The molecule has 1 unspecified atom stereocenters. The average molecular weight is 346 g/mol. The van der Waals surface area contributed by atoms with Crippen LogP contribution in [0.3, 0.4) is 0 Å². The SMILES string of the molecule is CN(Cc1ccccc1Br)CC(C(=N)N)c1ccccc1. The minimum absolute atomic E-state index is 0.0707. The summed E-state index contributed by atoms with van der Waals surface area (Å²) in [5, 5.41) is 7.85. The third-order valence-electron chi connectivity index (χ3n) is 3.47. The first kappa shape index (κ1) is 15.7. The van der Waals surface area contributed by atoms with Gasteiger partial charge in [0.05, 0.1) is 11.8 Å². The van der Waals surface area contributed by atoms with Gasteiger partial charge in [0.2, 0.25) is 0 Å². The predicted octanol–water partition coefficient (Wildman–Crippen LogP) is 3.60. The Hall–Kier alpha value is -1.65. The van der Waals surface area contributed by atoms with E-state index in [0.29, 0.717) is 0 Å². The molecule has 0 bridgehead atoms. The van der Waals surface area contributed by atoms with Gasteiger partial charge in [0, 0.05) is 17.6 Å². The minimum Gasteiger partial charge on any atom is -0.387 e. The first-order valence-corrected chi connectivity index (χ1v) is 7.68. The van der Waals surface area contributed by atoms with E-state index in [0.717, 1.165) is 23.1 Å². The summed E-state index contributed by atoms with van der Waals surface area (Å²) < 4.78 is 1.11. The summed E-state index contributed by atoms with van der Waals surface area (Å²) in [5.41, 5.74) is 8.11. The van der Waals surface area contributed by atoms with Crippen LogP contribution in [-0.2, 0) is 6.54 Å². The van der Waals surface area contributed by atoms with E-state index in [4.69, 9.17) is 11.1 Å². The molecule has 0 radical (unpaired) electrons. The van der Waals surface area contributed by atoms with E-state index in [2.05, 4.69) is 33.9 Å². The molecule has 2 aromatic rings. The molecule has 2 rings (SSSR count). The molecule has 0 heterocycles. The normalized spacial score (nSPS) is 12.3. The van der Waals surface area contributed by atoms with E-state index in [9.17, 15) is 0 Å². The second-order valence-corrected chi connectivity index (χ2v) is 6.06. The molecule has 0 spiro atoms. The maximum absolute atomic E-state index is 7.85. The van der Waals surface area contributed by atoms with E-state index < -0.39 is 0 Å². The van der Waals surface area contributed by atoms with Crippen LogP contribution in [0.2, 0.25) is 0 Å². The van der Waals surface area contributed by atoms with Crippen molar-refractivity contribution in [2.24, 2.45) is 5.73 Å². The smallest absolute Gasteiger partial charge is 0.0995 e. The molecule has 0 aliphatic heterocycles. The van der Waals surface area contributed by atoms with Crippen molar-refractivity contribution in [2.75, 3.05) is 13.6 Å². The number of likely N-dealkylation sites (N-methyl/N-ethyl adjacent to an activating group) is 1. The highest BCUT2D eigenvalue weighted by Crippen LogP contribution is 2.20. The number of nitrogens with one attached hydrogen (secondary N) is 1. The number of benzene rings is 2. The van der Waals surface area contributed by atoms with Crippen molar-refractivity contribution < 1.29 is 0 Å². The van der Waals surface area contributed by atoms with Gasteiger partial charge in [0.15, 0.2) is 0 Å². The second kappa shape index (κ2) is 7.38. The van der Waals surface area contributed by atoms with Gasteiger partial charge in [-0.1, -0.05) is 64.5 Å². The summed E-state index contributed by atoms with van der Waals surface area (Å²) in [6, 6.07) is 18.2. The zero-order valence-corrected chi connectivity index (χ0v) is 13.7. The summed E-state index contributed by atoms with van der Waals surface area (Å²) >= 11 is 3.57. The lowest BCUT2D eigenvalue weighted by molar-refractivity contribution is 0.322. The molecule has 0 aliphatic rings. The highest BCUT2D eigenvalue weighted by atomic mass is 79.9. The van der Waals surface area contributed by atoms with Crippen molar-refractivity contribution in [3.05, 3.63) is 70.2 Å². The Morgan fingerprint density at radius 3 is 2.38 bits per heavy atom. The summed E-state index contributed by atoms with van der Waals surface area (Å²) in [6.07, 6.45) is 0. The zero-order valence-electron chi connectivity index (χ0n) is 12.1. The van der Waals surface area contributed by atoms with Crippen molar-refractivity contribution in [3.63, 3.8) is 0 Å². The second-order valence-electron chi connectivity index (χ2n) is 5.21. The average Bonchev–Trinajstić information content (AvgIpc) is 2.48. The van der Waals surface area contributed by atoms with Crippen molar-refractivity contribution in [1.82, 2.24) is 4.90 Å². The molecule has 4 heteroatoms. The number of hydrogen-bond donors (Lipinski definition) is 2. The third kappa shape index (κ3) is 4.41. The molecule has 0 aliphatic carbocycles. The number of nitrogens with zero attached hydrogens (tertiary/aromatic N) is 1. The Labute approximate surface area is 134 Å². The Bertz CT molecular complexity index is 598. The van der Waals surface area contributed by atoms with Crippen LogP contribution < -0.4 is 5.73 Å². The van der Waals surface area contributed by atoms with Gasteiger partial charge in [-0.15, -0.1) is 0 Å². The van der Waals surface area contributed by atoms with Crippen LogP contribution in [0.15, 0.2) is 59.1 Å². The van der Waals surface area contributed by atoms with Crippen molar-refractivity contribution >= 4 is 21.8 Å². The molecule has 3 N–H and O–H groups in total.